The Kier molecular flexibility index (Phi) is 8.67. The van der Waals surface area contributed by atoms with Gasteiger partial charge in [0.1, 0.15) is 0 Å². The van der Waals surface area contributed by atoms with Gasteiger partial charge in [0, 0.05) is 45.7 Å². The first-order valence-corrected chi connectivity index (χ1v) is 24.4. The number of benzene rings is 6. The van der Waals surface area contributed by atoms with E-state index in [1.165, 1.54) is 0 Å². The summed E-state index contributed by atoms with van der Waals surface area (Å²) in [4.78, 5) is 64.5. The van der Waals surface area contributed by atoms with Gasteiger partial charge in [-0.2, -0.15) is 0 Å². The summed E-state index contributed by atoms with van der Waals surface area (Å²) in [5.41, 5.74) is 3.36. The molecule has 2 fully saturated rings. The lowest BCUT2D eigenvalue weighted by molar-refractivity contribution is -0.150. The number of nitrogens with zero attached hydrogens (tertiary/aromatic N) is 4. The second-order valence-corrected chi connectivity index (χ2v) is 21.7. The van der Waals surface area contributed by atoms with E-state index >= 15 is 8.90 Å². The molecular formula is C50H45FN4O6Si. The van der Waals surface area contributed by atoms with Gasteiger partial charge in [-0.15, -0.1) is 0 Å². The van der Waals surface area contributed by atoms with Crippen LogP contribution in [0.25, 0.3) is 21.5 Å². The van der Waals surface area contributed by atoms with Crippen molar-refractivity contribution in [3.05, 3.63) is 138 Å². The Morgan fingerprint density at radius 3 is 2.00 bits per heavy atom. The Balaban J connectivity index is 1.01. The normalized spacial score (nSPS) is 23.9. The Morgan fingerprint density at radius 2 is 1.39 bits per heavy atom. The standard InChI is InChI=1S/C50H45FN4O6Si/c1-29-46(62(2,3)51)42(26-43(57)52-23-9-16-35(52)28-56)61-50(29)38-25-34(55-41-20-8-14-32-12-6-18-37(45(32)41)48(55)59)21-22-39(38)53(49(50)60)27-30-10-4-15-33(24-30)54-40-19-7-13-31-11-5-17-36(44(31)40)47(54)58/h4-8,10-15,17-22,24-25,29,35,42,46,56H,9,16,23,26-28H2,1-3H3/t29-,35+,42+,46-,50+/m1/s1. The number of carbonyl (C=O) groups is 4. The van der Waals surface area contributed by atoms with E-state index in [1.807, 2.05) is 122 Å². The number of fused-ring (bicyclic) bond motifs is 2. The maximum absolute atomic E-state index is 16.9. The summed E-state index contributed by atoms with van der Waals surface area (Å²) < 4.78 is 23.9. The largest absolute Gasteiger partial charge is 0.394 e. The molecule has 0 aliphatic carbocycles. The maximum Gasteiger partial charge on any atom is 0.264 e. The molecule has 2 saturated heterocycles. The fourth-order valence-corrected chi connectivity index (χ4v) is 14.0. The number of hydrogen-bond acceptors (Lipinski definition) is 6. The first-order chi connectivity index (χ1) is 29.9. The zero-order valence-corrected chi connectivity index (χ0v) is 35.7. The van der Waals surface area contributed by atoms with Gasteiger partial charge in [-0.25, -0.2) is 0 Å². The van der Waals surface area contributed by atoms with Gasteiger partial charge in [-0.05, 0) is 96.9 Å². The Morgan fingerprint density at radius 1 is 0.790 bits per heavy atom. The lowest BCUT2D eigenvalue weighted by Crippen LogP contribution is -2.45. The Labute approximate surface area is 359 Å². The highest BCUT2D eigenvalue weighted by molar-refractivity contribution is 6.72. The third kappa shape index (κ3) is 5.45. The van der Waals surface area contributed by atoms with Crippen molar-refractivity contribution in [3.63, 3.8) is 0 Å². The summed E-state index contributed by atoms with van der Waals surface area (Å²) in [5.74, 6) is -1.61. The van der Waals surface area contributed by atoms with Crippen LogP contribution < -0.4 is 14.7 Å². The molecule has 6 aromatic rings. The minimum Gasteiger partial charge on any atom is -0.394 e. The Hall–Kier alpha value is -6.21. The number of carbonyl (C=O) groups excluding carboxylic acids is 4. The summed E-state index contributed by atoms with van der Waals surface area (Å²) >= 11 is 0. The van der Waals surface area contributed by atoms with Crippen LogP contribution in [0.4, 0.5) is 32.5 Å². The first kappa shape index (κ1) is 38.7. The molecule has 0 bridgehead atoms. The molecule has 1 spiro atoms. The molecule has 0 radical (unpaired) electrons. The number of aliphatic hydroxyl groups excluding tert-OH is 1. The number of rotatable bonds is 8. The maximum atomic E-state index is 16.9. The highest BCUT2D eigenvalue weighted by atomic mass is 28.4. The van der Waals surface area contributed by atoms with Crippen LogP contribution in [0.5, 0.6) is 0 Å². The molecule has 1 N–H and O–H groups in total. The van der Waals surface area contributed by atoms with Crippen molar-refractivity contribution in [3.8, 4) is 0 Å². The predicted molar refractivity (Wildman–Crippen MR) is 239 cm³/mol. The SMILES string of the molecule is C[C@@H]1[C@@H]([Si](C)(C)F)[C@H](CC(=O)N2CCC[C@H]2CO)O[C@@]12C(=O)N(Cc1cccc(N3C(=O)c4cccc5cccc3c45)c1)c1ccc(N3C(=O)c4cccc5cccc3c45)cc12. The molecule has 5 heterocycles. The number of halogens is 1. The van der Waals surface area contributed by atoms with Crippen molar-refractivity contribution in [1.29, 1.82) is 0 Å². The molecule has 312 valence electrons. The van der Waals surface area contributed by atoms with E-state index < -0.39 is 31.6 Å². The van der Waals surface area contributed by atoms with E-state index in [-0.39, 0.29) is 49.2 Å². The number of likely N-dealkylation sites (tertiary alicyclic amines) is 1. The first-order valence-electron chi connectivity index (χ1n) is 21.5. The van der Waals surface area contributed by atoms with E-state index in [1.54, 1.807) is 32.7 Å². The third-order valence-electron chi connectivity index (χ3n) is 14.1. The van der Waals surface area contributed by atoms with Gasteiger partial charge in [0.25, 0.3) is 17.7 Å². The van der Waals surface area contributed by atoms with Crippen LogP contribution in [0, 0.1) is 5.92 Å². The summed E-state index contributed by atoms with van der Waals surface area (Å²) in [6.45, 7) is 5.54. The Bertz CT molecular complexity index is 2920. The fraction of sp³-hybridized carbons (Fsp3) is 0.280. The lowest BCUT2D eigenvalue weighted by atomic mass is 9.82. The molecule has 62 heavy (non-hydrogen) atoms. The van der Waals surface area contributed by atoms with Gasteiger partial charge in [0.05, 0.1) is 59.9 Å². The van der Waals surface area contributed by atoms with E-state index in [9.17, 15) is 19.5 Å². The molecule has 11 rings (SSSR count). The zero-order valence-electron chi connectivity index (χ0n) is 34.7. The number of aliphatic hydroxyl groups is 1. The van der Waals surface area contributed by atoms with E-state index in [2.05, 4.69) is 0 Å². The molecule has 0 unspecified atom stereocenters. The predicted octanol–water partition coefficient (Wildman–Crippen LogP) is 9.27. The molecule has 12 heteroatoms. The van der Waals surface area contributed by atoms with Gasteiger partial charge in [-0.1, -0.05) is 67.6 Å². The van der Waals surface area contributed by atoms with Crippen molar-refractivity contribution < 1.29 is 33.1 Å². The summed E-state index contributed by atoms with van der Waals surface area (Å²) in [6, 6.07) is 35.9. The molecular weight excluding hydrogens is 800 g/mol. The molecule has 5 atom stereocenters. The highest BCUT2D eigenvalue weighted by Gasteiger charge is 2.67. The van der Waals surface area contributed by atoms with Crippen LogP contribution in [-0.2, 0) is 26.5 Å². The van der Waals surface area contributed by atoms with Crippen LogP contribution in [0.3, 0.4) is 0 Å². The molecule has 6 aromatic carbocycles. The quantitative estimate of drug-likeness (QED) is 0.121. The molecule has 4 amide bonds. The van der Waals surface area contributed by atoms with E-state index in [0.717, 1.165) is 44.9 Å². The van der Waals surface area contributed by atoms with Crippen molar-refractivity contribution in [2.24, 2.45) is 5.92 Å². The lowest BCUT2D eigenvalue weighted by Gasteiger charge is -2.31. The second kappa shape index (κ2) is 13.9. The molecule has 10 nitrogen and oxygen atoms in total. The molecule has 0 saturated carbocycles. The molecule has 5 aliphatic heterocycles. The van der Waals surface area contributed by atoms with Crippen LogP contribution in [0.1, 0.15) is 58.0 Å². The van der Waals surface area contributed by atoms with Gasteiger partial charge in [0.2, 0.25) is 14.3 Å². The third-order valence-corrected chi connectivity index (χ3v) is 16.6. The van der Waals surface area contributed by atoms with Crippen LogP contribution >= 0.6 is 0 Å². The minimum absolute atomic E-state index is 0.111. The highest BCUT2D eigenvalue weighted by Crippen LogP contribution is 2.61. The van der Waals surface area contributed by atoms with Crippen molar-refractivity contribution in [2.75, 3.05) is 27.9 Å². The molecule has 0 aromatic heterocycles. The zero-order chi connectivity index (χ0) is 42.8. The fourth-order valence-electron chi connectivity index (χ4n) is 11.5. The smallest absolute Gasteiger partial charge is 0.264 e. The van der Waals surface area contributed by atoms with Crippen molar-refractivity contribution in [2.45, 2.75) is 69.1 Å². The average Bonchev–Trinajstić information content (AvgIpc) is 4.05. The topological polar surface area (TPSA) is 111 Å². The number of ether oxygens (including phenoxy) is 1. The number of anilines is 5. The van der Waals surface area contributed by atoms with Gasteiger partial charge >= 0.3 is 0 Å². The summed E-state index contributed by atoms with van der Waals surface area (Å²) in [5, 5.41) is 13.7. The van der Waals surface area contributed by atoms with Crippen molar-refractivity contribution in [1.82, 2.24) is 4.90 Å². The monoisotopic (exact) mass is 844 g/mol. The van der Waals surface area contributed by atoms with E-state index in [4.69, 9.17) is 4.74 Å². The minimum atomic E-state index is -3.64. The van der Waals surface area contributed by atoms with Gasteiger partial charge < -0.3 is 23.8 Å². The summed E-state index contributed by atoms with van der Waals surface area (Å²) in [6.07, 6.45) is 0.415. The van der Waals surface area contributed by atoms with E-state index in [0.29, 0.717) is 46.7 Å². The average molecular weight is 845 g/mol. The number of amides is 4. The summed E-state index contributed by atoms with van der Waals surface area (Å²) in [7, 11) is -3.64. The molecule has 5 aliphatic rings. The second-order valence-electron chi connectivity index (χ2n) is 17.9. The van der Waals surface area contributed by atoms with Gasteiger partial charge in [-0.3, -0.25) is 29.0 Å². The van der Waals surface area contributed by atoms with Crippen LogP contribution in [0.15, 0.2) is 115 Å². The van der Waals surface area contributed by atoms with Crippen LogP contribution in [0.2, 0.25) is 18.6 Å². The number of hydrogen-bond donors (Lipinski definition) is 1. The van der Waals surface area contributed by atoms with Crippen LogP contribution in [-0.4, -0.2) is 67.3 Å². The van der Waals surface area contributed by atoms with Crippen molar-refractivity contribution >= 4 is 82.0 Å². The van der Waals surface area contributed by atoms with Gasteiger partial charge in [0.15, 0.2) is 5.60 Å².